The molecule has 2 N–H and O–H groups in total. The van der Waals surface area contributed by atoms with Crippen LogP contribution >= 0.6 is 22.9 Å². The Bertz CT molecular complexity index is 1140. The van der Waals surface area contributed by atoms with Crippen LogP contribution in [0.15, 0.2) is 34.4 Å². The van der Waals surface area contributed by atoms with Gasteiger partial charge in [0.2, 0.25) is 0 Å². The molecule has 10 heteroatoms. The Labute approximate surface area is 214 Å². The molecule has 0 bridgehead atoms. The summed E-state index contributed by atoms with van der Waals surface area (Å²) in [6.07, 6.45) is -0.573. The van der Waals surface area contributed by atoms with E-state index >= 15 is 0 Å². The number of H-pyrrole nitrogens is 1. The molecule has 1 saturated heterocycles. The van der Waals surface area contributed by atoms with E-state index in [2.05, 4.69) is 14.8 Å². The Morgan fingerprint density at radius 3 is 2.74 bits per heavy atom. The molecule has 0 unspecified atom stereocenters. The quantitative estimate of drug-likeness (QED) is 0.401. The molecule has 1 aliphatic heterocycles. The number of ether oxygens (including phenoxy) is 2. The minimum Gasteiger partial charge on any atom is -0.389 e. The van der Waals surface area contributed by atoms with Crippen molar-refractivity contribution in [2.24, 2.45) is 0 Å². The zero-order chi connectivity index (χ0) is 24.8. The van der Waals surface area contributed by atoms with Gasteiger partial charge >= 0.3 is 0 Å². The van der Waals surface area contributed by atoms with E-state index in [1.165, 1.54) is 11.3 Å². The summed E-state index contributed by atoms with van der Waals surface area (Å²) in [7, 11) is 0. The number of hydrogen-bond acceptors (Lipinski definition) is 8. The zero-order valence-corrected chi connectivity index (χ0v) is 21.8. The molecule has 8 nitrogen and oxygen atoms in total. The van der Waals surface area contributed by atoms with Crippen molar-refractivity contribution in [3.63, 3.8) is 0 Å². The number of aromatic amines is 1. The predicted octanol–water partition coefficient (Wildman–Crippen LogP) is 3.23. The average Bonchev–Trinajstić information content (AvgIpc) is 3.27. The molecule has 0 radical (unpaired) electrons. The second kappa shape index (κ2) is 12.4. The maximum Gasteiger partial charge on any atom is 0.260 e. The predicted molar refractivity (Wildman–Crippen MR) is 140 cm³/mol. The van der Waals surface area contributed by atoms with Gasteiger partial charge in [0.1, 0.15) is 10.7 Å². The number of nitrogens with one attached hydrogen (secondary N) is 1. The van der Waals surface area contributed by atoms with Crippen LogP contribution in [0.25, 0.3) is 21.3 Å². The zero-order valence-electron chi connectivity index (χ0n) is 20.2. The lowest BCUT2D eigenvalue weighted by atomic mass is 10.1. The Morgan fingerprint density at radius 1 is 1.29 bits per heavy atom. The summed E-state index contributed by atoms with van der Waals surface area (Å²) in [6, 6.07) is 7.45. The summed E-state index contributed by atoms with van der Waals surface area (Å²) < 4.78 is 11.0. The van der Waals surface area contributed by atoms with Gasteiger partial charge in [0, 0.05) is 48.7 Å². The fraction of sp³-hybridized carbons (Fsp3) is 0.520. The van der Waals surface area contributed by atoms with Gasteiger partial charge < -0.3 is 19.6 Å². The number of aromatic nitrogens is 2. The van der Waals surface area contributed by atoms with Crippen LogP contribution in [0.2, 0.25) is 5.02 Å². The molecule has 190 valence electrons. The fourth-order valence-corrected chi connectivity index (χ4v) is 5.21. The van der Waals surface area contributed by atoms with E-state index < -0.39 is 6.10 Å². The van der Waals surface area contributed by atoms with Crippen molar-refractivity contribution < 1.29 is 14.6 Å². The number of nitrogens with zero attached hydrogens (tertiary/aromatic N) is 3. The highest BCUT2D eigenvalue weighted by Gasteiger charge is 2.19. The van der Waals surface area contributed by atoms with E-state index in [4.69, 9.17) is 26.1 Å². The van der Waals surface area contributed by atoms with Crippen molar-refractivity contribution in [1.29, 1.82) is 0 Å². The second-order valence-corrected chi connectivity index (χ2v) is 10.4. The number of halogens is 1. The summed E-state index contributed by atoms with van der Waals surface area (Å²) in [5, 5.41) is 13.8. The minimum atomic E-state index is -0.629. The minimum absolute atomic E-state index is 0.0561. The number of hydrogen-bond donors (Lipinski definition) is 2. The van der Waals surface area contributed by atoms with Crippen molar-refractivity contribution in [2.75, 3.05) is 52.5 Å². The van der Waals surface area contributed by atoms with Crippen LogP contribution in [0, 0.1) is 0 Å². The second-order valence-electron chi connectivity index (χ2n) is 9.07. The standard InChI is InChI=1S/C25H33ClN4O4S/c1-17(2)34-15-20(31)13-30(8-7-29-9-11-33-12-10-29)14-22-27-24(32)23-21(16-35-25(23)28-22)18-3-5-19(26)6-4-18/h3-6,16-17,20,31H,7-15H2,1-2H3,(H,27,28,32)/t20-/m1/s1. The van der Waals surface area contributed by atoms with Gasteiger partial charge in [-0.1, -0.05) is 23.7 Å². The molecule has 0 aliphatic carbocycles. The van der Waals surface area contributed by atoms with Gasteiger partial charge in [-0.05, 0) is 31.5 Å². The Balaban J connectivity index is 1.51. The molecule has 0 amide bonds. The van der Waals surface area contributed by atoms with Gasteiger partial charge in [0.05, 0.1) is 44.0 Å². The third kappa shape index (κ3) is 7.33. The molecule has 3 heterocycles. The Hall–Kier alpha value is -1.85. The number of aliphatic hydroxyl groups excluding tert-OH is 1. The number of aliphatic hydroxyl groups is 1. The summed E-state index contributed by atoms with van der Waals surface area (Å²) in [6.45, 7) is 9.90. The van der Waals surface area contributed by atoms with Crippen molar-refractivity contribution in [1.82, 2.24) is 19.8 Å². The number of morpholine rings is 1. The first-order valence-electron chi connectivity index (χ1n) is 12.0. The van der Waals surface area contributed by atoms with Crippen LogP contribution in [-0.4, -0.2) is 89.6 Å². The van der Waals surface area contributed by atoms with Crippen LogP contribution in [-0.2, 0) is 16.0 Å². The summed E-state index contributed by atoms with van der Waals surface area (Å²) in [4.78, 5) is 26.0. The number of benzene rings is 1. The highest BCUT2D eigenvalue weighted by atomic mass is 35.5. The first-order valence-corrected chi connectivity index (χ1v) is 13.2. The molecule has 4 rings (SSSR count). The summed E-state index contributed by atoms with van der Waals surface area (Å²) in [5.41, 5.74) is 1.63. The number of thiophene rings is 1. The van der Waals surface area contributed by atoms with Gasteiger partial charge in [-0.2, -0.15) is 0 Å². The van der Waals surface area contributed by atoms with Gasteiger partial charge in [-0.25, -0.2) is 4.98 Å². The number of rotatable bonds is 11. The molecular weight excluding hydrogens is 488 g/mol. The first-order chi connectivity index (χ1) is 16.9. The van der Waals surface area contributed by atoms with Gasteiger partial charge in [-0.3, -0.25) is 14.6 Å². The maximum absolute atomic E-state index is 13.1. The Morgan fingerprint density at radius 2 is 2.03 bits per heavy atom. The van der Waals surface area contributed by atoms with E-state index in [0.29, 0.717) is 34.2 Å². The summed E-state index contributed by atoms with van der Waals surface area (Å²) >= 11 is 7.48. The molecular formula is C25H33ClN4O4S. The summed E-state index contributed by atoms with van der Waals surface area (Å²) in [5.74, 6) is 0.589. The van der Waals surface area contributed by atoms with Crippen LogP contribution < -0.4 is 5.56 Å². The van der Waals surface area contributed by atoms with Gasteiger partial charge in [0.25, 0.3) is 5.56 Å². The van der Waals surface area contributed by atoms with Gasteiger partial charge in [-0.15, -0.1) is 11.3 Å². The third-order valence-electron chi connectivity index (χ3n) is 5.95. The van der Waals surface area contributed by atoms with Crippen molar-refractivity contribution >= 4 is 33.2 Å². The smallest absolute Gasteiger partial charge is 0.260 e. The van der Waals surface area contributed by atoms with Crippen molar-refractivity contribution in [3.05, 3.63) is 50.8 Å². The van der Waals surface area contributed by atoms with E-state index in [9.17, 15) is 9.90 Å². The average molecular weight is 521 g/mol. The van der Waals surface area contributed by atoms with Crippen LogP contribution in [0.4, 0.5) is 0 Å². The fourth-order valence-electron chi connectivity index (χ4n) is 4.12. The SMILES string of the molecule is CC(C)OC[C@H](O)CN(CCN1CCOCC1)Cc1nc2scc(-c3ccc(Cl)cc3)c2c(=O)[nH]1. The Kier molecular flexibility index (Phi) is 9.29. The topological polar surface area (TPSA) is 90.9 Å². The van der Waals surface area contributed by atoms with E-state index in [0.717, 1.165) is 50.5 Å². The largest absolute Gasteiger partial charge is 0.389 e. The maximum atomic E-state index is 13.1. The van der Waals surface area contributed by atoms with E-state index in [1.807, 2.05) is 43.5 Å². The van der Waals surface area contributed by atoms with Crippen LogP contribution in [0.1, 0.15) is 19.7 Å². The molecule has 1 fully saturated rings. The molecule has 0 saturated carbocycles. The molecule has 1 atom stereocenters. The van der Waals surface area contributed by atoms with Gasteiger partial charge in [0.15, 0.2) is 0 Å². The highest BCUT2D eigenvalue weighted by Crippen LogP contribution is 2.31. The molecule has 2 aromatic heterocycles. The molecule has 35 heavy (non-hydrogen) atoms. The molecule has 1 aromatic carbocycles. The van der Waals surface area contributed by atoms with Crippen molar-refractivity contribution in [2.45, 2.75) is 32.6 Å². The number of fused-ring (bicyclic) bond motifs is 1. The van der Waals surface area contributed by atoms with Crippen LogP contribution in [0.3, 0.4) is 0 Å². The normalized spacial score (nSPS) is 15.9. The molecule has 1 aliphatic rings. The monoisotopic (exact) mass is 520 g/mol. The van der Waals surface area contributed by atoms with Crippen LogP contribution in [0.5, 0.6) is 0 Å². The van der Waals surface area contributed by atoms with E-state index in [-0.39, 0.29) is 18.3 Å². The lowest BCUT2D eigenvalue weighted by Crippen LogP contribution is -2.43. The van der Waals surface area contributed by atoms with Crippen molar-refractivity contribution in [3.8, 4) is 11.1 Å². The first kappa shape index (κ1) is 26.2. The lowest BCUT2D eigenvalue weighted by Gasteiger charge is -2.30. The molecule has 0 spiro atoms. The molecule has 3 aromatic rings. The van der Waals surface area contributed by atoms with E-state index in [1.54, 1.807) is 0 Å². The lowest BCUT2D eigenvalue weighted by molar-refractivity contribution is -0.0132. The third-order valence-corrected chi connectivity index (χ3v) is 7.07. The highest BCUT2D eigenvalue weighted by molar-refractivity contribution is 7.17.